The van der Waals surface area contributed by atoms with Gasteiger partial charge in [0.25, 0.3) is 0 Å². The van der Waals surface area contributed by atoms with Crippen LogP contribution in [0.15, 0.2) is 12.2 Å². The molecule has 0 aliphatic rings. The van der Waals surface area contributed by atoms with E-state index < -0.39 is 0 Å². The molecule has 1 radical (unpaired) electrons. The fourth-order valence-corrected chi connectivity index (χ4v) is 1.23. The summed E-state index contributed by atoms with van der Waals surface area (Å²) in [5.41, 5.74) is 0. The average Bonchev–Trinajstić information content (AvgIpc) is 2.10. The molecule has 71 valence electrons. The third-order valence-electron chi connectivity index (χ3n) is 1.99. The summed E-state index contributed by atoms with van der Waals surface area (Å²) in [7, 11) is 0. The Kier molecular flexibility index (Phi) is 10.4. The van der Waals surface area contributed by atoms with E-state index in [1.165, 1.54) is 38.5 Å². The number of hydrogen-bond acceptors (Lipinski definition) is 0. The molecule has 0 rings (SSSR count). The summed E-state index contributed by atoms with van der Waals surface area (Å²) < 4.78 is 0. The maximum Gasteiger partial charge on any atom is 0.100 e. The Bertz CT molecular complexity index is 97.2. The van der Waals surface area contributed by atoms with Crippen LogP contribution in [-0.4, -0.2) is 6.61 Å². The number of allylic oxidation sites excluding steroid dienone is 1. The van der Waals surface area contributed by atoms with Crippen molar-refractivity contribution in [2.75, 3.05) is 6.61 Å². The summed E-state index contributed by atoms with van der Waals surface area (Å²) in [5.74, 6) is 0. The van der Waals surface area contributed by atoms with Crippen LogP contribution in [0.4, 0.5) is 0 Å². The van der Waals surface area contributed by atoms with Gasteiger partial charge < -0.3 is 0 Å². The molecule has 0 N–H and O–H groups in total. The summed E-state index contributed by atoms with van der Waals surface area (Å²) in [4.78, 5) is 0. The van der Waals surface area contributed by atoms with Crippen molar-refractivity contribution >= 4 is 0 Å². The molecule has 0 atom stereocenters. The SMILES string of the molecule is CCCCCCCC/C=C/C[O]. The third kappa shape index (κ3) is 9.70. The van der Waals surface area contributed by atoms with Gasteiger partial charge >= 0.3 is 0 Å². The van der Waals surface area contributed by atoms with Crippen molar-refractivity contribution in [1.29, 1.82) is 0 Å². The molecular weight excluding hydrogens is 148 g/mol. The quantitative estimate of drug-likeness (QED) is 0.390. The van der Waals surface area contributed by atoms with Gasteiger partial charge in [0.2, 0.25) is 0 Å². The summed E-state index contributed by atoms with van der Waals surface area (Å²) in [6.45, 7) is 2.17. The van der Waals surface area contributed by atoms with Crippen LogP contribution in [0, 0.1) is 0 Å². The van der Waals surface area contributed by atoms with E-state index in [2.05, 4.69) is 6.92 Å². The third-order valence-corrected chi connectivity index (χ3v) is 1.99. The number of unbranched alkanes of at least 4 members (excludes halogenated alkanes) is 6. The van der Waals surface area contributed by atoms with Crippen LogP contribution in [0.2, 0.25) is 0 Å². The lowest BCUT2D eigenvalue weighted by atomic mass is 10.1. The Labute approximate surface area is 76.5 Å². The molecule has 0 aliphatic carbocycles. The van der Waals surface area contributed by atoms with Gasteiger partial charge in [-0.3, -0.25) is 0 Å². The van der Waals surface area contributed by atoms with E-state index in [4.69, 9.17) is 0 Å². The van der Waals surface area contributed by atoms with Crippen molar-refractivity contribution in [3.63, 3.8) is 0 Å². The maximum atomic E-state index is 10.0. The van der Waals surface area contributed by atoms with E-state index in [1.54, 1.807) is 6.08 Å². The Morgan fingerprint density at radius 2 is 1.58 bits per heavy atom. The normalized spacial score (nSPS) is 11.2. The van der Waals surface area contributed by atoms with Crippen molar-refractivity contribution in [3.05, 3.63) is 12.2 Å². The zero-order valence-corrected chi connectivity index (χ0v) is 8.22. The van der Waals surface area contributed by atoms with Crippen LogP contribution < -0.4 is 0 Å². The molecule has 0 unspecified atom stereocenters. The minimum Gasteiger partial charge on any atom is -0.232 e. The molecule has 0 saturated heterocycles. The topological polar surface area (TPSA) is 19.9 Å². The van der Waals surface area contributed by atoms with Crippen LogP contribution in [0.25, 0.3) is 0 Å². The lowest BCUT2D eigenvalue weighted by Gasteiger charge is -1.97. The van der Waals surface area contributed by atoms with Gasteiger partial charge in [-0.1, -0.05) is 51.2 Å². The largest absolute Gasteiger partial charge is 0.232 e. The highest BCUT2D eigenvalue weighted by atomic mass is 16.2. The Balaban J connectivity index is 2.86. The van der Waals surface area contributed by atoms with Crippen LogP contribution in [0.5, 0.6) is 0 Å². The second-order valence-corrected chi connectivity index (χ2v) is 3.19. The zero-order chi connectivity index (χ0) is 9.07. The number of rotatable bonds is 8. The first kappa shape index (κ1) is 11.7. The van der Waals surface area contributed by atoms with Crippen molar-refractivity contribution in [3.8, 4) is 0 Å². The molecule has 0 bridgehead atoms. The summed E-state index contributed by atoms with van der Waals surface area (Å²) in [5, 5.41) is 10.0. The van der Waals surface area contributed by atoms with Crippen molar-refractivity contribution < 1.29 is 5.11 Å². The lowest BCUT2D eigenvalue weighted by Crippen LogP contribution is -1.78. The van der Waals surface area contributed by atoms with Gasteiger partial charge in [0.05, 0.1) is 0 Å². The second kappa shape index (κ2) is 10.7. The highest BCUT2D eigenvalue weighted by Gasteiger charge is 1.87. The Hall–Kier alpha value is -0.300. The number of hydrogen-bond donors (Lipinski definition) is 0. The van der Waals surface area contributed by atoms with Crippen LogP contribution >= 0.6 is 0 Å². The molecule has 0 saturated carbocycles. The molecule has 0 aromatic rings. The van der Waals surface area contributed by atoms with E-state index in [0.29, 0.717) is 0 Å². The first-order valence-electron chi connectivity index (χ1n) is 5.15. The fraction of sp³-hybridized carbons (Fsp3) is 0.818. The first-order valence-corrected chi connectivity index (χ1v) is 5.15. The molecule has 0 amide bonds. The molecule has 1 nitrogen and oxygen atoms in total. The molecule has 0 spiro atoms. The van der Waals surface area contributed by atoms with Crippen LogP contribution in [0.3, 0.4) is 0 Å². The van der Waals surface area contributed by atoms with Crippen molar-refractivity contribution in [2.24, 2.45) is 0 Å². The Morgan fingerprint density at radius 1 is 0.917 bits per heavy atom. The summed E-state index contributed by atoms with van der Waals surface area (Å²) in [6, 6.07) is 0. The van der Waals surface area contributed by atoms with Gasteiger partial charge in [0.1, 0.15) is 6.61 Å². The Morgan fingerprint density at radius 3 is 2.25 bits per heavy atom. The fourth-order valence-electron chi connectivity index (χ4n) is 1.23. The molecule has 0 aliphatic heterocycles. The summed E-state index contributed by atoms with van der Waals surface area (Å²) >= 11 is 0. The monoisotopic (exact) mass is 169 g/mol. The molecule has 0 aromatic heterocycles. The van der Waals surface area contributed by atoms with Crippen LogP contribution in [0.1, 0.15) is 51.9 Å². The molecule has 12 heavy (non-hydrogen) atoms. The van der Waals surface area contributed by atoms with Gasteiger partial charge in [0.15, 0.2) is 0 Å². The minimum absolute atomic E-state index is 0.0597. The first-order chi connectivity index (χ1) is 5.91. The highest BCUT2D eigenvalue weighted by Crippen LogP contribution is 2.06. The average molecular weight is 169 g/mol. The van der Waals surface area contributed by atoms with E-state index in [1.807, 2.05) is 6.08 Å². The molecule has 1 heteroatoms. The highest BCUT2D eigenvalue weighted by molar-refractivity contribution is 4.80. The molecule has 0 aromatic carbocycles. The van der Waals surface area contributed by atoms with Crippen molar-refractivity contribution in [1.82, 2.24) is 0 Å². The molecule has 0 heterocycles. The van der Waals surface area contributed by atoms with Crippen molar-refractivity contribution in [2.45, 2.75) is 51.9 Å². The van der Waals surface area contributed by atoms with E-state index >= 15 is 0 Å². The molecular formula is C11H21O. The molecule has 0 fully saturated rings. The van der Waals surface area contributed by atoms with Gasteiger partial charge in [-0.05, 0) is 12.8 Å². The second-order valence-electron chi connectivity index (χ2n) is 3.19. The predicted molar refractivity (Wildman–Crippen MR) is 52.7 cm³/mol. The van der Waals surface area contributed by atoms with Gasteiger partial charge in [-0.25, -0.2) is 5.11 Å². The van der Waals surface area contributed by atoms with Gasteiger partial charge in [-0.15, -0.1) is 0 Å². The van der Waals surface area contributed by atoms with Gasteiger partial charge in [-0.2, -0.15) is 0 Å². The maximum absolute atomic E-state index is 10.0. The lowest BCUT2D eigenvalue weighted by molar-refractivity contribution is 0.232. The predicted octanol–water partition coefficient (Wildman–Crippen LogP) is 3.72. The zero-order valence-electron chi connectivity index (χ0n) is 8.22. The van der Waals surface area contributed by atoms with E-state index in [-0.39, 0.29) is 6.61 Å². The summed E-state index contributed by atoms with van der Waals surface area (Å²) in [6.07, 6.45) is 12.8. The standard InChI is InChI=1S/C11H21O/c1-2-3-4-5-6-7-8-9-10-11-12/h9-10H,2-8,11H2,1H3/b10-9+. The smallest absolute Gasteiger partial charge is 0.100 e. The minimum atomic E-state index is -0.0597. The van der Waals surface area contributed by atoms with Gasteiger partial charge in [0, 0.05) is 0 Å². The van der Waals surface area contributed by atoms with E-state index in [0.717, 1.165) is 6.42 Å². The van der Waals surface area contributed by atoms with Crippen LogP contribution in [-0.2, 0) is 5.11 Å². The van der Waals surface area contributed by atoms with E-state index in [9.17, 15) is 5.11 Å².